The van der Waals surface area contributed by atoms with E-state index in [1.54, 1.807) is 40.1 Å². The minimum atomic E-state index is -0.619. The average Bonchev–Trinajstić information content (AvgIpc) is 3.39. The molecule has 29 heavy (non-hydrogen) atoms. The second-order valence-electron chi connectivity index (χ2n) is 6.79. The van der Waals surface area contributed by atoms with E-state index >= 15 is 0 Å². The number of nitrogens with zero attached hydrogens (tertiary/aromatic N) is 1. The van der Waals surface area contributed by atoms with E-state index in [1.807, 2.05) is 36.6 Å². The molecular formula is C22H19FN2O2S2. The van der Waals surface area contributed by atoms with Gasteiger partial charge in [-0.2, -0.15) is 0 Å². The van der Waals surface area contributed by atoms with Crippen molar-refractivity contribution in [1.82, 2.24) is 4.90 Å². The molecule has 2 unspecified atom stereocenters. The number of hydrogen-bond acceptors (Lipinski definition) is 4. The average molecular weight is 427 g/mol. The van der Waals surface area contributed by atoms with Gasteiger partial charge in [-0.1, -0.05) is 23.8 Å². The first-order valence-corrected chi connectivity index (χ1v) is 11.1. The summed E-state index contributed by atoms with van der Waals surface area (Å²) < 4.78 is 13.1. The predicted molar refractivity (Wildman–Crippen MR) is 116 cm³/mol. The number of aryl methyl sites for hydroxylation is 1. The highest BCUT2D eigenvalue weighted by atomic mass is 32.2. The highest BCUT2D eigenvalue weighted by Crippen LogP contribution is 2.44. The Bertz CT molecular complexity index is 1000. The van der Waals surface area contributed by atoms with Gasteiger partial charge in [0.15, 0.2) is 0 Å². The van der Waals surface area contributed by atoms with Gasteiger partial charge in [0.1, 0.15) is 17.2 Å². The zero-order valence-corrected chi connectivity index (χ0v) is 17.3. The minimum Gasteiger partial charge on any atom is -0.324 e. The Morgan fingerprint density at radius 3 is 2.45 bits per heavy atom. The molecule has 2 heterocycles. The van der Waals surface area contributed by atoms with Gasteiger partial charge in [-0.3, -0.25) is 9.59 Å². The lowest BCUT2D eigenvalue weighted by Crippen LogP contribution is -2.45. The zero-order valence-electron chi connectivity index (χ0n) is 15.7. The molecule has 2 atom stereocenters. The molecular weight excluding hydrogens is 407 g/mol. The largest absolute Gasteiger partial charge is 0.324 e. The van der Waals surface area contributed by atoms with E-state index in [2.05, 4.69) is 5.32 Å². The number of carbonyl (C=O) groups excluding carboxylic acids is 2. The van der Waals surface area contributed by atoms with Crippen LogP contribution in [0.2, 0.25) is 0 Å². The van der Waals surface area contributed by atoms with E-state index in [0.717, 1.165) is 10.4 Å². The zero-order chi connectivity index (χ0) is 20.4. The molecule has 1 fully saturated rings. The van der Waals surface area contributed by atoms with E-state index in [9.17, 15) is 14.0 Å². The number of thiophene rings is 1. The van der Waals surface area contributed by atoms with Gasteiger partial charge in [-0.25, -0.2) is 4.39 Å². The normalized spacial score (nSPS) is 18.6. The maximum Gasteiger partial charge on any atom is 0.255 e. The maximum absolute atomic E-state index is 13.4. The number of halogens is 1. The molecule has 4 rings (SSSR count). The van der Waals surface area contributed by atoms with Crippen LogP contribution in [0.15, 0.2) is 66.0 Å². The molecule has 2 aromatic carbocycles. The standard InChI is InChI=1S/C22H19FN2O2S2/c1-14-4-6-15(7-5-14)21(27)25-18(13-29-22(25)19-3-2-12-28-19)20(26)24-17-10-8-16(23)9-11-17/h2-12,18,22H,13H2,1H3,(H,24,26). The third-order valence-corrected chi connectivity index (χ3v) is 7.11. The van der Waals surface area contributed by atoms with E-state index in [4.69, 9.17) is 0 Å². The molecule has 1 N–H and O–H groups in total. The van der Waals surface area contributed by atoms with Crippen molar-refractivity contribution >= 4 is 40.6 Å². The van der Waals surface area contributed by atoms with E-state index in [1.165, 1.54) is 24.3 Å². The molecule has 3 aromatic rings. The highest BCUT2D eigenvalue weighted by molar-refractivity contribution is 7.99. The molecule has 1 aromatic heterocycles. The molecule has 1 aliphatic heterocycles. The topological polar surface area (TPSA) is 49.4 Å². The smallest absolute Gasteiger partial charge is 0.255 e. The van der Waals surface area contributed by atoms with Gasteiger partial charge in [0, 0.05) is 21.9 Å². The fraction of sp³-hybridized carbons (Fsp3) is 0.182. The molecule has 0 saturated carbocycles. The van der Waals surface area contributed by atoms with Gasteiger partial charge >= 0.3 is 0 Å². The number of thioether (sulfide) groups is 1. The molecule has 0 aliphatic carbocycles. The van der Waals surface area contributed by atoms with Gasteiger partial charge in [0.2, 0.25) is 5.91 Å². The van der Waals surface area contributed by atoms with Crippen LogP contribution >= 0.6 is 23.1 Å². The molecule has 4 nitrogen and oxygen atoms in total. The van der Waals surface area contributed by atoms with Crippen LogP contribution in [0.4, 0.5) is 10.1 Å². The Morgan fingerprint density at radius 2 is 1.79 bits per heavy atom. The van der Waals surface area contributed by atoms with Gasteiger partial charge in [0.25, 0.3) is 5.91 Å². The van der Waals surface area contributed by atoms with Crippen LogP contribution in [0.25, 0.3) is 0 Å². The van der Waals surface area contributed by atoms with Crippen LogP contribution in [-0.4, -0.2) is 28.5 Å². The Morgan fingerprint density at radius 1 is 1.07 bits per heavy atom. The predicted octanol–water partition coefficient (Wildman–Crippen LogP) is 5.09. The first-order chi connectivity index (χ1) is 14.0. The van der Waals surface area contributed by atoms with Gasteiger partial charge in [0.05, 0.1) is 0 Å². The van der Waals surface area contributed by atoms with Crippen LogP contribution in [0, 0.1) is 12.7 Å². The Labute approximate surface area is 176 Å². The molecule has 1 aliphatic rings. The first-order valence-electron chi connectivity index (χ1n) is 9.14. The van der Waals surface area contributed by atoms with Gasteiger partial charge in [-0.05, 0) is 54.8 Å². The van der Waals surface area contributed by atoms with Crippen molar-refractivity contribution in [2.75, 3.05) is 11.1 Å². The lowest BCUT2D eigenvalue weighted by molar-refractivity contribution is -0.119. The molecule has 0 spiro atoms. The third kappa shape index (κ3) is 4.21. The lowest BCUT2D eigenvalue weighted by Gasteiger charge is -2.28. The number of rotatable bonds is 4. The van der Waals surface area contributed by atoms with Crippen LogP contribution in [-0.2, 0) is 4.79 Å². The summed E-state index contributed by atoms with van der Waals surface area (Å²) in [7, 11) is 0. The maximum atomic E-state index is 13.4. The van der Waals surface area contributed by atoms with Crippen LogP contribution in [0.3, 0.4) is 0 Å². The highest BCUT2D eigenvalue weighted by Gasteiger charge is 2.43. The van der Waals surface area contributed by atoms with E-state index in [0.29, 0.717) is 17.0 Å². The Hall–Kier alpha value is -2.64. The number of amides is 2. The van der Waals surface area contributed by atoms with E-state index in [-0.39, 0.29) is 23.0 Å². The summed E-state index contributed by atoms with van der Waals surface area (Å²) in [6, 6.07) is 16.3. The number of carbonyl (C=O) groups is 2. The Kier molecular flexibility index (Phi) is 5.69. The molecule has 0 radical (unpaired) electrons. The lowest BCUT2D eigenvalue weighted by atomic mass is 10.1. The van der Waals surface area contributed by atoms with Crippen molar-refractivity contribution in [3.8, 4) is 0 Å². The second kappa shape index (κ2) is 8.39. The van der Waals surface area contributed by atoms with Crippen LogP contribution < -0.4 is 5.32 Å². The number of hydrogen-bond donors (Lipinski definition) is 1. The quantitative estimate of drug-likeness (QED) is 0.632. The fourth-order valence-corrected chi connectivity index (χ4v) is 5.61. The van der Waals surface area contributed by atoms with Crippen molar-refractivity contribution in [2.45, 2.75) is 18.3 Å². The summed E-state index contributed by atoms with van der Waals surface area (Å²) in [5, 5.41) is 4.57. The molecule has 148 valence electrons. The van der Waals surface area contributed by atoms with Crippen molar-refractivity contribution in [1.29, 1.82) is 0 Å². The molecule has 1 saturated heterocycles. The Balaban J connectivity index is 1.62. The molecule has 7 heteroatoms. The number of benzene rings is 2. The monoisotopic (exact) mass is 426 g/mol. The summed E-state index contributed by atoms with van der Waals surface area (Å²) >= 11 is 3.15. The van der Waals surface area contributed by atoms with Crippen molar-refractivity contribution in [3.63, 3.8) is 0 Å². The van der Waals surface area contributed by atoms with Crippen molar-refractivity contribution in [3.05, 3.63) is 87.9 Å². The summed E-state index contributed by atoms with van der Waals surface area (Å²) in [5.41, 5.74) is 2.13. The van der Waals surface area contributed by atoms with Gasteiger partial charge in [-0.15, -0.1) is 23.1 Å². The second-order valence-corrected chi connectivity index (χ2v) is 8.88. The van der Waals surface area contributed by atoms with Crippen LogP contribution in [0.5, 0.6) is 0 Å². The van der Waals surface area contributed by atoms with Crippen molar-refractivity contribution in [2.24, 2.45) is 0 Å². The first kappa shape index (κ1) is 19.7. The third-order valence-electron chi connectivity index (χ3n) is 4.73. The minimum absolute atomic E-state index is 0.173. The summed E-state index contributed by atoms with van der Waals surface area (Å²) in [5.74, 6) is -0.322. The molecule has 0 bridgehead atoms. The number of anilines is 1. The fourth-order valence-electron chi connectivity index (χ4n) is 3.21. The van der Waals surface area contributed by atoms with E-state index < -0.39 is 6.04 Å². The SMILES string of the molecule is Cc1ccc(C(=O)N2C(C(=O)Nc3ccc(F)cc3)CSC2c2cccs2)cc1. The molecule has 2 amide bonds. The summed E-state index contributed by atoms with van der Waals surface area (Å²) in [4.78, 5) is 29.1. The van der Waals surface area contributed by atoms with Gasteiger partial charge < -0.3 is 10.2 Å². The van der Waals surface area contributed by atoms with Crippen LogP contribution in [0.1, 0.15) is 26.2 Å². The summed E-state index contributed by atoms with van der Waals surface area (Å²) in [6.45, 7) is 1.97. The number of nitrogens with one attached hydrogen (secondary N) is 1. The summed E-state index contributed by atoms with van der Waals surface area (Å²) in [6.07, 6.45) is 0. The van der Waals surface area contributed by atoms with Crippen molar-refractivity contribution < 1.29 is 14.0 Å².